The van der Waals surface area contributed by atoms with Crippen LogP contribution in [-0.2, 0) is 5.41 Å². The minimum atomic E-state index is -0.608. The Kier molecular flexibility index (Phi) is 5.38. The Morgan fingerprint density at radius 1 is 0.963 bits per heavy atom. The molecule has 0 aliphatic heterocycles. The molecule has 0 saturated carbocycles. The van der Waals surface area contributed by atoms with Gasteiger partial charge in [0.1, 0.15) is 5.75 Å². The second-order valence-electron chi connectivity index (χ2n) is 6.70. The quantitative estimate of drug-likeness (QED) is 0.584. The Balaban J connectivity index is 1.71. The Morgan fingerprint density at radius 3 is 2.33 bits per heavy atom. The van der Waals surface area contributed by atoms with E-state index in [4.69, 9.17) is 16.3 Å². The molecule has 0 fully saturated rings. The highest BCUT2D eigenvalue weighted by Crippen LogP contribution is 2.33. The van der Waals surface area contributed by atoms with Gasteiger partial charge in [-0.25, -0.2) is 4.79 Å². The van der Waals surface area contributed by atoms with Crippen LogP contribution in [0.15, 0.2) is 72.8 Å². The zero-order chi connectivity index (χ0) is 19.4. The molecule has 3 rings (SSSR count). The molecule has 138 valence electrons. The normalized spacial score (nSPS) is 11.1. The topological polar surface area (TPSA) is 58.6 Å². The fourth-order valence-corrected chi connectivity index (χ4v) is 2.98. The Bertz CT molecular complexity index is 952. The van der Waals surface area contributed by atoms with Gasteiger partial charge in [0, 0.05) is 11.1 Å². The first-order valence-electron chi connectivity index (χ1n) is 8.50. The SMILES string of the molecule is CC(C)(c1ccc(NC(=O)Oc2ccccc2Cl)cc1)c1cccc(O)c1. The standard InChI is InChI=1S/C22H20ClNO3/c1-22(2,16-6-5-7-18(25)14-16)15-10-12-17(13-11-15)24-21(26)27-20-9-4-3-8-19(20)23/h3-14,25H,1-2H3,(H,24,26). The van der Waals surface area contributed by atoms with E-state index < -0.39 is 6.09 Å². The molecule has 0 saturated heterocycles. The van der Waals surface area contributed by atoms with E-state index in [1.807, 2.05) is 36.4 Å². The highest BCUT2D eigenvalue weighted by atomic mass is 35.5. The van der Waals surface area contributed by atoms with Gasteiger partial charge in [-0.05, 0) is 47.5 Å². The number of ether oxygens (including phenoxy) is 1. The number of anilines is 1. The minimum absolute atomic E-state index is 0.237. The summed E-state index contributed by atoms with van der Waals surface area (Å²) in [6, 6.07) is 21.5. The summed E-state index contributed by atoms with van der Waals surface area (Å²) >= 11 is 5.99. The number of phenolic OH excluding ortho intramolecular Hbond substituents is 1. The van der Waals surface area contributed by atoms with E-state index >= 15 is 0 Å². The fourth-order valence-electron chi connectivity index (χ4n) is 2.80. The summed E-state index contributed by atoms with van der Waals surface area (Å²) < 4.78 is 5.22. The van der Waals surface area contributed by atoms with Crippen molar-refractivity contribution >= 4 is 23.4 Å². The molecule has 0 aliphatic rings. The third-order valence-electron chi connectivity index (χ3n) is 4.46. The smallest absolute Gasteiger partial charge is 0.417 e. The zero-order valence-corrected chi connectivity index (χ0v) is 15.8. The van der Waals surface area contributed by atoms with Gasteiger partial charge in [0.2, 0.25) is 0 Å². The molecule has 0 spiro atoms. The van der Waals surface area contributed by atoms with Crippen molar-refractivity contribution in [3.63, 3.8) is 0 Å². The predicted octanol–water partition coefficient (Wildman–Crippen LogP) is 5.98. The molecule has 0 heterocycles. The van der Waals surface area contributed by atoms with Crippen LogP contribution < -0.4 is 10.1 Å². The van der Waals surface area contributed by atoms with Gasteiger partial charge in [-0.3, -0.25) is 5.32 Å². The van der Waals surface area contributed by atoms with Crippen molar-refractivity contribution in [2.45, 2.75) is 19.3 Å². The first kappa shape index (κ1) is 18.8. The summed E-state index contributed by atoms with van der Waals surface area (Å²) in [7, 11) is 0. The van der Waals surface area contributed by atoms with Crippen LogP contribution in [0.1, 0.15) is 25.0 Å². The molecule has 2 N–H and O–H groups in total. The maximum absolute atomic E-state index is 12.1. The van der Waals surface area contributed by atoms with Gasteiger partial charge in [-0.1, -0.05) is 61.8 Å². The maximum atomic E-state index is 12.1. The lowest BCUT2D eigenvalue weighted by Crippen LogP contribution is -2.19. The van der Waals surface area contributed by atoms with E-state index in [1.165, 1.54) is 0 Å². The van der Waals surface area contributed by atoms with Crippen molar-refractivity contribution in [3.05, 3.63) is 88.9 Å². The Labute approximate surface area is 163 Å². The van der Waals surface area contributed by atoms with Gasteiger partial charge in [-0.2, -0.15) is 0 Å². The van der Waals surface area contributed by atoms with Crippen LogP contribution in [0, 0.1) is 0 Å². The van der Waals surface area contributed by atoms with Crippen LogP contribution in [-0.4, -0.2) is 11.2 Å². The van der Waals surface area contributed by atoms with Gasteiger partial charge < -0.3 is 9.84 Å². The molecular formula is C22H20ClNO3. The minimum Gasteiger partial charge on any atom is -0.508 e. The largest absolute Gasteiger partial charge is 0.508 e. The lowest BCUT2D eigenvalue weighted by Gasteiger charge is -2.26. The first-order valence-corrected chi connectivity index (χ1v) is 8.87. The summed E-state index contributed by atoms with van der Waals surface area (Å²) in [4.78, 5) is 12.1. The first-order chi connectivity index (χ1) is 12.9. The number of halogens is 1. The van der Waals surface area contributed by atoms with E-state index in [9.17, 15) is 9.90 Å². The van der Waals surface area contributed by atoms with Crippen molar-refractivity contribution in [2.75, 3.05) is 5.32 Å². The van der Waals surface area contributed by atoms with Crippen LogP contribution in [0.2, 0.25) is 5.02 Å². The summed E-state index contributed by atoms with van der Waals surface area (Å²) in [6.07, 6.45) is -0.608. The summed E-state index contributed by atoms with van der Waals surface area (Å²) in [5, 5.41) is 12.8. The van der Waals surface area contributed by atoms with Gasteiger partial charge in [-0.15, -0.1) is 0 Å². The maximum Gasteiger partial charge on any atom is 0.417 e. The van der Waals surface area contributed by atoms with E-state index in [0.29, 0.717) is 16.5 Å². The van der Waals surface area contributed by atoms with Gasteiger partial charge in [0.05, 0.1) is 5.02 Å². The number of aromatic hydroxyl groups is 1. The van der Waals surface area contributed by atoms with Crippen LogP contribution in [0.5, 0.6) is 11.5 Å². The number of hydrogen-bond donors (Lipinski definition) is 2. The number of para-hydroxylation sites is 1. The Morgan fingerprint density at radius 2 is 1.67 bits per heavy atom. The number of rotatable bonds is 4. The van der Waals surface area contributed by atoms with Gasteiger partial charge in [0.15, 0.2) is 5.75 Å². The summed E-state index contributed by atoms with van der Waals surface area (Å²) in [6.45, 7) is 4.16. The molecule has 4 nitrogen and oxygen atoms in total. The highest BCUT2D eigenvalue weighted by Gasteiger charge is 2.23. The molecular weight excluding hydrogens is 362 g/mol. The average molecular weight is 382 g/mol. The number of nitrogens with one attached hydrogen (secondary N) is 1. The van der Waals surface area contributed by atoms with E-state index in [2.05, 4.69) is 19.2 Å². The molecule has 3 aromatic rings. The molecule has 27 heavy (non-hydrogen) atoms. The number of hydrogen-bond acceptors (Lipinski definition) is 3. The number of phenols is 1. The molecule has 0 atom stereocenters. The van der Waals surface area contributed by atoms with E-state index in [1.54, 1.807) is 36.4 Å². The summed E-state index contributed by atoms with van der Waals surface area (Å²) in [5.41, 5.74) is 2.37. The average Bonchev–Trinajstić information content (AvgIpc) is 2.64. The monoisotopic (exact) mass is 381 g/mol. The van der Waals surface area contributed by atoms with Crippen LogP contribution >= 0.6 is 11.6 Å². The van der Waals surface area contributed by atoms with Crippen molar-refractivity contribution in [2.24, 2.45) is 0 Å². The predicted molar refractivity (Wildman–Crippen MR) is 108 cm³/mol. The Hall–Kier alpha value is -2.98. The molecule has 1 amide bonds. The molecule has 0 radical (unpaired) electrons. The van der Waals surface area contributed by atoms with Crippen LogP contribution in [0.4, 0.5) is 10.5 Å². The second kappa shape index (κ2) is 7.72. The van der Waals surface area contributed by atoms with Gasteiger partial charge >= 0.3 is 6.09 Å². The number of amides is 1. The molecule has 0 bridgehead atoms. The van der Waals surface area contributed by atoms with E-state index in [-0.39, 0.29) is 11.2 Å². The third-order valence-corrected chi connectivity index (χ3v) is 4.77. The van der Waals surface area contributed by atoms with Crippen molar-refractivity contribution < 1.29 is 14.6 Å². The highest BCUT2D eigenvalue weighted by molar-refractivity contribution is 6.32. The third kappa shape index (κ3) is 4.41. The lowest BCUT2D eigenvalue weighted by molar-refractivity contribution is 0.215. The number of benzene rings is 3. The fraction of sp³-hybridized carbons (Fsp3) is 0.136. The van der Waals surface area contributed by atoms with Gasteiger partial charge in [0.25, 0.3) is 0 Å². The molecule has 3 aromatic carbocycles. The number of carbonyl (C=O) groups excluding carboxylic acids is 1. The number of carbonyl (C=O) groups is 1. The molecule has 5 heteroatoms. The zero-order valence-electron chi connectivity index (χ0n) is 15.1. The van der Waals surface area contributed by atoms with Crippen LogP contribution in [0.3, 0.4) is 0 Å². The van der Waals surface area contributed by atoms with Crippen LogP contribution in [0.25, 0.3) is 0 Å². The molecule has 0 aromatic heterocycles. The van der Waals surface area contributed by atoms with E-state index in [0.717, 1.165) is 11.1 Å². The van der Waals surface area contributed by atoms with Crippen molar-refractivity contribution in [3.8, 4) is 11.5 Å². The van der Waals surface area contributed by atoms with Crippen molar-refractivity contribution in [1.29, 1.82) is 0 Å². The molecule has 0 unspecified atom stereocenters. The second-order valence-corrected chi connectivity index (χ2v) is 7.10. The van der Waals surface area contributed by atoms with Crippen molar-refractivity contribution in [1.82, 2.24) is 0 Å². The summed E-state index contributed by atoms with van der Waals surface area (Å²) in [5.74, 6) is 0.541. The lowest BCUT2D eigenvalue weighted by atomic mass is 9.78. The molecule has 0 aliphatic carbocycles.